The topological polar surface area (TPSA) is 305 Å². The van der Waals surface area contributed by atoms with E-state index in [9.17, 15) is 38.4 Å². The Morgan fingerprint density at radius 2 is 1.37 bits per heavy atom. The summed E-state index contributed by atoms with van der Waals surface area (Å²) in [5.41, 5.74) is 12.0. The Kier molecular flexibility index (Phi) is 25.9. The zero-order valence-electron chi connectivity index (χ0n) is 50.2. The van der Waals surface area contributed by atoms with Crippen molar-refractivity contribution in [3.63, 3.8) is 0 Å². The molecular formula is C59H90N10O12. The molecule has 1 aromatic heterocycles. The number of nitrogens with two attached hydrogens (primary N) is 2. The number of amides is 8. The quantitative estimate of drug-likeness (QED) is 0.0191. The number of likely N-dealkylation sites (N-methyl/N-ethyl adjacent to an activating group) is 2. The minimum atomic E-state index is -1.28. The number of nitrogens with zero attached hydrogens (tertiary/aromatic N) is 3. The van der Waals surface area contributed by atoms with Crippen LogP contribution in [0.15, 0.2) is 66.4 Å². The maximum Gasteiger partial charge on any atom is 0.410 e. The van der Waals surface area contributed by atoms with E-state index in [4.69, 9.17) is 25.7 Å². The van der Waals surface area contributed by atoms with Gasteiger partial charge in [-0.25, -0.2) is 14.4 Å². The Bertz CT molecular complexity index is 2690. The van der Waals surface area contributed by atoms with Crippen molar-refractivity contribution in [3.05, 3.63) is 77.5 Å². The van der Waals surface area contributed by atoms with Gasteiger partial charge in [0.25, 0.3) is 0 Å². The van der Waals surface area contributed by atoms with Crippen molar-refractivity contribution in [1.29, 1.82) is 0 Å². The molecule has 22 heteroatoms. The number of ether oxygens (including phenoxy) is 3. The summed E-state index contributed by atoms with van der Waals surface area (Å²) in [4.78, 5) is 124. The fourth-order valence-electron chi connectivity index (χ4n) is 9.34. The van der Waals surface area contributed by atoms with Crippen LogP contribution in [0.2, 0.25) is 0 Å². The predicted molar refractivity (Wildman–Crippen MR) is 310 cm³/mol. The number of urea groups is 1. The lowest BCUT2D eigenvalue weighted by Crippen LogP contribution is -2.63. The van der Waals surface area contributed by atoms with Gasteiger partial charge in [-0.3, -0.25) is 33.7 Å². The first-order valence-corrected chi connectivity index (χ1v) is 27.7. The van der Waals surface area contributed by atoms with E-state index in [2.05, 4.69) is 26.6 Å². The van der Waals surface area contributed by atoms with Gasteiger partial charge in [0.2, 0.25) is 29.5 Å². The Labute approximate surface area is 477 Å². The third kappa shape index (κ3) is 19.6. The maximum absolute atomic E-state index is 15.3. The number of carbonyl (C=O) groups is 9. The molecule has 0 aliphatic rings. The van der Waals surface area contributed by atoms with Crippen molar-refractivity contribution in [3.8, 4) is 0 Å². The molecule has 0 aliphatic heterocycles. The highest BCUT2D eigenvalue weighted by Crippen LogP contribution is 2.37. The smallest absolute Gasteiger partial charge is 0.410 e. The molecule has 3 aromatic rings. The molecule has 6 atom stereocenters. The zero-order valence-corrected chi connectivity index (χ0v) is 50.2. The van der Waals surface area contributed by atoms with Crippen LogP contribution in [0.5, 0.6) is 0 Å². The number of nitrogens with one attached hydrogen (secondary N) is 5. The minimum absolute atomic E-state index is 0.0539. The molecule has 1 heterocycles. The van der Waals surface area contributed by atoms with Crippen molar-refractivity contribution < 1.29 is 57.4 Å². The van der Waals surface area contributed by atoms with Gasteiger partial charge in [-0.2, -0.15) is 0 Å². The summed E-state index contributed by atoms with van der Waals surface area (Å²) in [6.45, 7) is 21.6. The number of para-hydroxylation sites is 1. The molecule has 0 fully saturated rings. The normalized spacial score (nSPS) is 14.1. The number of primary amides is 1. The highest BCUT2D eigenvalue weighted by Gasteiger charge is 2.46. The van der Waals surface area contributed by atoms with Crippen molar-refractivity contribution in [2.75, 3.05) is 39.2 Å². The molecule has 0 saturated carbocycles. The van der Waals surface area contributed by atoms with E-state index in [-0.39, 0.29) is 56.5 Å². The second-order valence-electron chi connectivity index (χ2n) is 22.7. The van der Waals surface area contributed by atoms with E-state index >= 15 is 4.79 Å². The number of anilines is 1. The van der Waals surface area contributed by atoms with E-state index in [0.717, 1.165) is 16.5 Å². The third-order valence-electron chi connectivity index (χ3n) is 14.1. The first-order valence-electron chi connectivity index (χ1n) is 27.7. The molecule has 22 nitrogen and oxygen atoms in total. The van der Waals surface area contributed by atoms with E-state index in [0.29, 0.717) is 30.6 Å². The van der Waals surface area contributed by atoms with Gasteiger partial charge in [-0.05, 0) is 93.0 Å². The fraction of sp³-hybridized carbons (Fsp3) is 0.576. The molecule has 1 unspecified atom stereocenters. The number of rotatable bonds is 29. The summed E-state index contributed by atoms with van der Waals surface area (Å²) in [6, 6.07) is 7.53. The van der Waals surface area contributed by atoms with Gasteiger partial charge in [-0.1, -0.05) is 98.7 Å². The van der Waals surface area contributed by atoms with E-state index in [1.54, 1.807) is 72.0 Å². The average Bonchev–Trinajstić information content (AvgIpc) is 3.75. The first-order chi connectivity index (χ1) is 37.9. The molecule has 0 saturated heterocycles. The highest BCUT2D eigenvalue weighted by atomic mass is 16.6. The predicted octanol–water partition coefficient (Wildman–Crippen LogP) is 5.69. The van der Waals surface area contributed by atoms with Gasteiger partial charge in [0, 0.05) is 67.9 Å². The van der Waals surface area contributed by atoms with Gasteiger partial charge in [0.15, 0.2) is 0 Å². The lowest BCUT2D eigenvalue weighted by molar-refractivity contribution is -0.148. The van der Waals surface area contributed by atoms with Crippen molar-refractivity contribution in [2.45, 2.75) is 163 Å². The summed E-state index contributed by atoms with van der Waals surface area (Å²) in [5, 5.41) is 14.7. The minimum Gasteiger partial charge on any atom is -0.466 e. The molecule has 0 radical (unpaired) electrons. The van der Waals surface area contributed by atoms with Gasteiger partial charge in [0.05, 0.1) is 25.3 Å². The molecule has 8 amide bonds. The van der Waals surface area contributed by atoms with Crippen molar-refractivity contribution >= 4 is 70.2 Å². The molecule has 81 heavy (non-hydrogen) atoms. The molecule has 0 spiro atoms. The second kappa shape index (κ2) is 30.9. The molecule has 0 aliphatic carbocycles. The number of carbonyl (C=O) groups excluding carboxylic acids is 9. The molecular weight excluding hydrogens is 1040 g/mol. The SMILES string of the molecule is CCOC(=O)CC[C@@H](NC(=O)/C(C)=C/[C@H](C(C)C)N(C)C(=O)[C@@H](NC(=O)[C@@H](N(C)C(=O)OCc1ccc(NC(=O)[C@H](CCCCNC(N)=O)NC(=O)C(N)C(C)C)cc1)C(C)(C)c1cn(C)c2ccccc12)C(C)(C)C)C(=O)OCC. The van der Waals surface area contributed by atoms with Crippen LogP contribution in [0.1, 0.15) is 126 Å². The second-order valence-corrected chi connectivity index (χ2v) is 22.7. The summed E-state index contributed by atoms with van der Waals surface area (Å²) in [6.07, 6.45) is 3.76. The molecule has 0 bridgehead atoms. The van der Waals surface area contributed by atoms with Crippen molar-refractivity contribution in [1.82, 2.24) is 35.6 Å². The molecule has 2 aromatic carbocycles. The Hall–Kier alpha value is -7.49. The van der Waals surface area contributed by atoms with E-state index in [1.165, 1.54) is 16.8 Å². The van der Waals surface area contributed by atoms with Crippen LogP contribution in [-0.2, 0) is 66.8 Å². The third-order valence-corrected chi connectivity index (χ3v) is 14.1. The zero-order chi connectivity index (χ0) is 61.1. The number of hydrogen-bond acceptors (Lipinski definition) is 13. The number of unbranched alkanes of at least 4 members (excludes halogenated alkanes) is 1. The summed E-state index contributed by atoms with van der Waals surface area (Å²) in [7, 11) is 4.94. The molecule has 3 rings (SSSR count). The number of esters is 2. The van der Waals surface area contributed by atoms with Gasteiger partial charge in [-0.15, -0.1) is 0 Å². The van der Waals surface area contributed by atoms with E-state index < -0.39 is 101 Å². The highest BCUT2D eigenvalue weighted by molar-refractivity contribution is 5.99. The van der Waals surface area contributed by atoms with Crippen molar-refractivity contribution in [2.24, 2.45) is 35.8 Å². The van der Waals surface area contributed by atoms with Crippen LogP contribution in [0.3, 0.4) is 0 Å². The van der Waals surface area contributed by atoms with Crippen LogP contribution in [0, 0.1) is 17.3 Å². The lowest BCUT2D eigenvalue weighted by Gasteiger charge is -2.42. The monoisotopic (exact) mass is 1130 g/mol. The Morgan fingerprint density at radius 1 is 0.741 bits per heavy atom. The van der Waals surface area contributed by atoms with Gasteiger partial charge < -0.3 is 61.7 Å². The van der Waals surface area contributed by atoms with Gasteiger partial charge >= 0.3 is 24.1 Å². The van der Waals surface area contributed by atoms with Crippen LogP contribution in [-0.4, -0.2) is 138 Å². The standard InChI is InChI=1S/C59H90N10O12/c1-16-79-46(70)30-29-43(55(76)80-17-2)65-50(71)37(7)32-45(35(3)4)68(14)54(75)48(58(8,9)10)66-53(74)49(59(11,12)41-33-67(13)44-24-19-18-22-40(41)44)69(15)57(78)81-34-38-25-27-39(28-26-38)63-51(72)42(23-20-21-31-62-56(61)77)64-52(73)47(60)36(5)6/h18-19,22,24-28,32-33,35-36,42-43,45,47-49H,16-17,20-21,23,29-31,34,60H2,1-15H3,(H,63,72)(H,64,73)(H,65,71)(H,66,74)(H3,61,62,77)/b37-32+/t42-,43+,45+,47?,48+,49+/m0/s1. The number of benzene rings is 2. The van der Waals surface area contributed by atoms with Crippen LogP contribution in [0.4, 0.5) is 15.3 Å². The van der Waals surface area contributed by atoms with Crippen LogP contribution < -0.4 is 38.1 Å². The van der Waals surface area contributed by atoms with E-state index in [1.807, 2.05) is 90.5 Å². The average molecular weight is 1130 g/mol. The Morgan fingerprint density at radius 3 is 1.95 bits per heavy atom. The first kappa shape index (κ1) is 67.8. The Balaban J connectivity index is 1.94. The molecule has 9 N–H and O–H groups in total. The summed E-state index contributed by atoms with van der Waals surface area (Å²) in [5.74, 6) is -4.36. The number of aromatic nitrogens is 1. The van der Waals surface area contributed by atoms with Crippen LogP contribution >= 0.6 is 0 Å². The van der Waals surface area contributed by atoms with Gasteiger partial charge in [0.1, 0.15) is 30.8 Å². The summed E-state index contributed by atoms with van der Waals surface area (Å²) >= 11 is 0. The summed E-state index contributed by atoms with van der Waals surface area (Å²) < 4.78 is 18.0. The fourth-order valence-corrected chi connectivity index (χ4v) is 9.34. The largest absolute Gasteiger partial charge is 0.466 e. The molecule has 448 valence electrons. The lowest BCUT2D eigenvalue weighted by atomic mass is 9.76. The number of hydrogen-bond donors (Lipinski definition) is 7. The number of fused-ring (bicyclic) bond motifs is 1. The van der Waals surface area contributed by atoms with Crippen LogP contribution in [0.25, 0.3) is 10.9 Å². The maximum atomic E-state index is 15.3. The number of aryl methyl sites for hydroxylation is 1.